The molecule has 3 amide bonds. The third-order valence-corrected chi connectivity index (χ3v) is 12.9. The second kappa shape index (κ2) is 17.5. The Balaban J connectivity index is 0.771. The summed E-state index contributed by atoms with van der Waals surface area (Å²) in [7, 11) is 3.67. The smallest absolute Gasteiger partial charge is 0.329 e. The Hall–Kier alpha value is -5.81. The Morgan fingerprint density at radius 2 is 1.79 bits per heavy atom. The number of fused-ring (bicyclic) bond motifs is 2. The summed E-state index contributed by atoms with van der Waals surface area (Å²) in [5, 5.41) is 13.6. The van der Waals surface area contributed by atoms with Crippen LogP contribution in [0.5, 0.6) is 0 Å². The summed E-state index contributed by atoms with van der Waals surface area (Å²) < 4.78 is 40.3. The SMILES string of the molecule is CN1CCOCC1c1ccn2ncc(C(=O)Nc3cn([C@H]4CC[C@H](CN5CCN(CC#Cc6cccc7c6n(C)c(=O)n7C6CCC(=O)NC6=O)CC5)CC4)nc3C(F)F)c2n1. The molecule has 62 heavy (non-hydrogen) atoms. The lowest BCUT2D eigenvalue weighted by atomic mass is 9.85. The number of benzene rings is 1. The summed E-state index contributed by atoms with van der Waals surface area (Å²) in [6.07, 6.45) is 5.73. The van der Waals surface area contributed by atoms with Gasteiger partial charge >= 0.3 is 5.69 Å². The van der Waals surface area contributed by atoms with Crippen molar-refractivity contribution in [2.45, 2.75) is 63.1 Å². The topological polar surface area (TPSA) is 169 Å². The highest BCUT2D eigenvalue weighted by molar-refractivity contribution is 6.08. The number of para-hydroxylation sites is 1. The molecule has 326 valence electrons. The number of carbonyl (C=O) groups excluding carboxylic acids is 3. The van der Waals surface area contributed by atoms with Crippen LogP contribution in [0.2, 0.25) is 0 Å². The van der Waals surface area contributed by atoms with Gasteiger partial charge in [0.1, 0.15) is 11.6 Å². The van der Waals surface area contributed by atoms with Gasteiger partial charge in [0.05, 0.1) is 66.0 Å². The molecule has 2 unspecified atom stereocenters. The van der Waals surface area contributed by atoms with Gasteiger partial charge in [0.15, 0.2) is 11.3 Å². The highest BCUT2D eigenvalue weighted by Crippen LogP contribution is 2.36. The number of alkyl halides is 2. The third-order valence-electron chi connectivity index (χ3n) is 12.9. The lowest BCUT2D eigenvalue weighted by Gasteiger charge is -2.37. The van der Waals surface area contributed by atoms with Crippen LogP contribution in [0.4, 0.5) is 14.5 Å². The normalized spacial score (nSPS) is 23.2. The van der Waals surface area contributed by atoms with E-state index in [-0.39, 0.29) is 47.8 Å². The standard InChI is InChI=1S/C43H50F2N12O5/c1-51-21-22-62-26-35(51)31-14-16-55-40(47-31)30(23-46-55)41(59)48-32-25-56(50-37(32)39(44)45)29-10-8-27(9-11-29)24-54-19-17-53(18-20-54)15-4-6-28-5-3-7-33-38(28)52(2)43(61)57(33)34-12-13-36(58)49-42(34)60/h3,5,7,14,16,23,25,27,29,34-35,39H,8-13,15,17-22,24,26H2,1-2H3,(H,48,59)(H,49,58,60)/t27-,29-,34?,35?. The minimum atomic E-state index is -2.87. The highest BCUT2D eigenvalue weighted by atomic mass is 19.3. The first-order chi connectivity index (χ1) is 30.0. The number of aryl methyl sites for hydroxylation is 1. The van der Waals surface area contributed by atoms with Gasteiger partial charge < -0.3 is 15.0 Å². The molecule has 4 aromatic heterocycles. The van der Waals surface area contributed by atoms with Crippen LogP contribution in [0.1, 0.15) is 90.4 Å². The molecule has 7 heterocycles. The number of hydrogen-bond donors (Lipinski definition) is 2. The van der Waals surface area contributed by atoms with Crippen LogP contribution in [0.15, 0.2) is 47.7 Å². The van der Waals surface area contributed by atoms with Crippen LogP contribution >= 0.6 is 0 Å². The zero-order valence-electron chi connectivity index (χ0n) is 34.8. The maximum absolute atomic E-state index is 14.3. The number of nitrogens with one attached hydrogen (secondary N) is 2. The predicted molar refractivity (Wildman–Crippen MR) is 224 cm³/mol. The molecule has 4 aliphatic rings. The number of carbonyl (C=O) groups is 3. The average Bonchev–Trinajstić information content (AvgIpc) is 3.96. The first kappa shape index (κ1) is 41.5. The van der Waals surface area contributed by atoms with E-state index in [1.54, 1.807) is 24.0 Å². The first-order valence-corrected chi connectivity index (χ1v) is 21.3. The van der Waals surface area contributed by atoms with Crippen molar-refractivity contribution in [3.8, 4) is 11.8 Å². The fourth-order valence-electron chi connectivity index (χ4n) is 9.37. The molecule has 5 aromatic rings. The monoisotopic (exact) mass is 852 g/mol. The number of hydrogen-bond acceptors (Lipinski definition) is 11. The van der Waals surface area contributed by atoms with Crippen LogP contribution in [-0.4, -0.2) is 132 Å². The maximum atomic E-state index is 14.3. The second-order valence-corrected chi connectivity index (χ2v) is 16.8. The molecule has 3 aliphatic heterocycles. The van der Waals surface area contributed by atoms with Crippen molar-refractivity contribution in [2.24, 2.45) is 13.0 Å². The van der Waals surface area contributed by atoms with Crippen LogP contribution in [0.3, 0.4) is 0 Å². The zero-order valence-corrected chi connectivity index (χ0v) is 34.8. The third kappa shape index (κ3) is 8.27. The van der Waals surface area contributed by atoms with Gasteiger partial charge in [-0.25, -0.2) is 23.1 Å². The number of anilines is 1. The number of aromatic nitrogens is 7. The molecular formula is C43H50F2N12O5. The number of halogens is 2. The van der Waals surface area contributed by atoms with Crippen LogP contribution in [0.25, 0.3) is 16.7 Å². The molecule has 2 N–H and O–H groups in total. The quantitative estimate of drug-likeness (QED) is 0.165. The second-order valence-electron chi connectivity index (χ2n) is 16.8. The largest absolute Gasteiger partial charge is 0.378 e. The van der Waals surface area contributed by atoms with E-state index < -0.39 is 30.0 Å². The Bertz CT molecular complexity index is 2620. The first-order valence-electron chi connectivity index (χ1n) is 21.3. The number of nitrogens with zero attached hydrogens (tertiary/aromatic N) is 10. The molecule has 2 atom stereocenters. The Morgan fingerprint density at radius 1 is 1.00 bits per heavy atom. The van der Waals surface area contributed by atoms with E-state index >= 15 is 0 Å². The Labute approximate surface area is 356 Å². The Kier molecular flexibility index (Phi) is 11.7. The van der Waals surface area contributed by atoms with Gasteiger partial charge in [0.25, 0.3) is 12.3 Å². The predicted octanol–water partition coefficient (Wildman–Crippen LogP) is 3.15. The minimum absolute atomic E-state index is 0.0165. The van der Waals surface area contributed by atoms with Gasteiger partial charge in [0.2, 0.25) is 11.8 Å². The van der Waals surface area contributed by atoms with E-state index in [1.165, 1.54) is 26.0 Å². The van der Waals surface area contributed by atoms with E-state index in [0.717, 1.165) is 70.6 Å². The van der Waals surface area contributed by atoms with Crippen LogP contribution < -0.4 is 16.3 Å². The molecule has 1 aromatic carbocycles. The molecular weight excluding hydrogens is 803 g/mol. The van der Waals surface area contributed by atoms with Crippen molar-refractivity contribution in [3.05, 3.63) is 75.9 Å². The van der Waals surface area contributed by atoms with E-state index in [9.17, 15) is 28.0 Å². The van der Waals surface area contributed by atoms with Gasteiger partial charge in [-0.05, 0) is 63.3 Å². The molecule has 1 aliphatic carbocycles. The number of imidazole rings is 1. The molecule has 0 spiro atoms. The molecule has 9 rings (SSSR count). The summed E-state index contributed by atoms with van der Waals surface area (Å²) in [5.74, 6) is 5.67. The number of piperidine rings is 1. The highest BCUT2D eigenvalue weighted by Gasteiger charge is 2.33. The molecule has 0 bridgehead atoms. The van der Waals surface area contributed by atoms with Crippen molar-refractivity contribution in [1.29, 1.82) is 0 Å². The van der Waals surface area contributed by atoms with E-state index in [0.29, 0.717) is 47.9 Å². The molecule has 1 saturated carbocycles. The van der Waals surface area contributed by atoms with Crippen LogP contribution in [0, 0.1) is 17.8 Å². The number of imide groups is 1. The molecule has 0 radical (unpaired) electrons. The Morgan fingerprint density at radius 3 is 2.55 bits per heavy atom. The molecule has 19 heteroatoms. The fourth-order valence-corrected chi connectivity index (χ4v) is 9.37. The summed E-state index contributed by atoms with van der Waals surface area (Å²) in [6, 6.07) is 6.48. The maximum Gasteiger partial charge on any atom is 0.329 e. The number of rotatable bonds is 9. The summed E-state index contributed by atoms with van der Waals surface area (Å²) in [5.41, 5.74) is 2.43. The molecule has 4 fully saturated rings. The fraction of sp³-hybridized carbons (Fsp3) is 0.512. The van der Waals surface area contributed by atoms with Crippen LogP contribution in [-0.2, 0) is 21.4 Å². The summed E-state index contributed by atoms with van der Waals surface area (Å²) >= 11 is 0. The zero-order chi connectivity index (χ0) is 43.1. The van der Waals surface area contributed by atoms with E-state index in [1.807, 2.05) is 25.2 Å². The van der Waals surface area contributed by atoms with Gasteiger partial charge in [-0.2, -0.15) is 10.2 Å². The summed E-state index contributed by atoms with van der Waals surface area (Å²) in [6.45, 7) is 6.98. The number of amides is 3. The average molecular weight is 853 g/mol. The van der Waals surface area contributed by atoms with Crippen molar-refractivity contribution in [2.75, 3.05) is 71.4 Å². The lowest BCUT2D eigenvalue weighted by Crippen LogP contribution is -2.48. The van der Waals surface area contributed by atoms with Crippen molar-refractivity contribution >= 4 is 40.1 Å². The molecule has 17 nitrogen and oxygen atoms in total. The number of piperazine rings is 1. The van der Waals surface area contributed by atoms with Gasteiger partial charge in [-0.1, -0.05) is 17.9 Å². The van der Waals surface area contributed by atoms with Crippen molar-refractivity contribution in [3.63, 3.8) is 0 Å². The summed E-state index contributed by atoms with van der Waals surface area (Å²) in [4.78, 5) is 62.8. The van der Waals surface area contributed by atoms with Crippen molar-refractivity contribution in [1.82, 2.24) is 53.5 Å². The van der Waals surface area contributed by atoms with E-state index in [2.05, 4.69) is 47.4 Å². The lowest BCUT2D eigenvalue weighted by molar-refractivity contribution is -0.135. The van der Waals surface area contributed by atoms with Gasteiger partial charge in [0, 0.05) is 65.1 Å². The van der Waals surface area contributed by atoms with E-state index in [4.69, 9.17) is 9.72 Å². The minimum Gasteiger partial charge on any atom is -0.378 e. The van der Waals surface area contributed by atoms with Crippen molar-refractivity contribution < 1.29 is 27.9 Å². The number of likely N-dealkylation sites (N-methyl/N-ethyl adjacent to an activating group) is 1. The van der Waals surface area contributed by atoms with Gasteiger partial charge in [-0.3, -0.25) is 43.3 Å². The molecule has 3 saturated heterocycles. The van der Waals surface area contributed by atoms with Gasteiger partial charge in [-0.15, -0.1) is 0 Å². The number of morpholine rings is 1. The number of ether oxygens (including phenoxy) is 1.